The maximum Gasteiger partial charge on any atom is 0.412 e. The summed E-state index contributed by atoms with van der Waals surface area (Å²) in [6.07, 6.45) is -0.552. The van der Waals surface area contributed by atoms with Gasteiger partial charge < -0.3 is 9.84 Å². The predicted molar refractivity (Wildman–Crippen MR) is 93.7 cm³/mol. The number of benzene rings is 2. The van der Waals surface area contributed by atoms with E-state index in [-0.39, 0.29) is 10.6 Å². The third-order valence-electron chi connectivity index (χ3n) is 3.07. The molecule has 0 aliphatic carbocycles. The van der Waals surface area contributed by atoms with E-state index in [1.54, 1.807) is 57.2 Å². The van der Waals surface area contributed by atoms with Crippen LogP contribution in [-0.2, 0) is 4.74 Å². The Morgan fingerprint density at radius 1 is 1.08 bits per heavy atom. The molecular formula is C18H18ClNO4. The number of halogens is 1. The van der Waals surface area contributed by atoms with Crippen molar-refractivity contribution in [2.75, 3.05) is 5.32 Å². The van der Waals surface area contributed by atoms with Crippen LogP contribution >= 0.6 is 11.6 Å². The number of carbonyl (C=O) groups is 2. The number of hydrogen-bond donors (Lipinski definition) is 2. The standard InChI is InChI=1S/C18H18ClNO4/c1-18(2,3)24-17(23)20-12-9-7-11(8-10-12)13-5-4-6-14(19)15(13)16(21)22/h4-10H,1-3H3,(H,20,23)(H,21,22). The van der Waals surface area contributed by atoms with E-state index >= 15 is 0 Å². The molecule has 2 aromatic rings. The smallest absolute Gasteiger partial charge is 0.412 e. The van der Waals surface area contributed by atoms with Crippen molar-refractivity contribution in [1.29, 1.82) is 0 Å². The lowest BCUT2D eigenvalue weighted by Gasteiger charge is -2.19. The van der Waals surface area contributed by atoms with E-state index in [1.165, 1.54) is 6.07 Å². The lowest BCUT2D eigenvalue weighted by atomic mass is 9.99. The summed E-state index contributed by atoms with van der Waals surface area (Å²) in [5.74, 6) is -1.09. The molecule has 0 bridgehead atoms. The van der Waals surface area contributed by atoms with Crippen LogP contribution in [-0.4, -0.2) is 22.8 Å². The normalized spacial score (nSPS) is 11.0. The van der Waals surface area contributed by atoms with Crippen LogP contribution in [0.4, 0.5) is 10.5 Å². The Morgan fingerprint density at radius 2 is 1.71 bits per heavy atom. The first-order valence-corrected chi connectivity index (χ1v) is 7.67. The van der Waals surface area contributed by atoms with Gasteiger partial charge in [-0.3, -0.25) is 5.32 Å². The van der Waals surface area contributed by atoms with Crippen LogP contribution in [0.5, 0.6) is 0 Å². The molecule has 0 aliphatic heterocycles. The molecule has 5 nitrogen and oxygen atoms in total. The number of nitrogens with one attached hydrogen (secondary N) is 1. The Kier molecular flexibility index (Phi) is 5.14. The molecule has 2 N–H and O–H groups in total. The topological polar surface area (TPSA) is 75.6 Å². The molecule has 6 heteroatoms. The summed E-state index contributed by atoms with van der Waals surface area (Å²) in [7, 11) is 0. The lowest BCUT2D eigenvalue weighted by molar-refractivity contribution is 0.0634. The van der Waals surface area contributed by atoms with Gasteiger partial charge in [-0.15, -0.1) is 0 Å². The van der Waals surface area contributed by atoms with Crippen LogP contribution in [0.1, 0.15) is 31.1 Å². The molecule has 0 heterocycles. The molecule has 24 heavy (non-hydrogen) atoms. The van der Waals surface area contributed by atoms with Crippen LogP contribution in [0.2, 0.25) is 5.02 Å². The average molecular weight is 348 g/mol. The molecule has 2 aromatic carbocycles. The first-order chi connectivity index (χ1) is 11.2. The highest BCUT2D eigenvalue weighted by molar-refractivity contribution is 6.34. The largest absolute Gasteiger partial charge is 0.478 e. The lowest BCUT2D eigenvalue weighted by Crippen LogP contribution is -2.27. The summed E-state index contributed by atoms with van der Waals surface area (Å²) in [6.45, 7) is 5.34. The number of ether oxygens (including phenoxy) is 1. The van der Waals surface area contributed by atoms with Crippen LogP contribution in [0, 0.1) is 0 Å². The molecule has 0 aromatic heterocycles. The highest BCUT2D eigenvalue weighted by atomic mass is 35.5. The summed E-state index contributed by atoms with van der Waals surface area (Å²) in [5.41, 5.74) is 1.21. The average Bonchev–Trinajstić information content (AvgIpc) is 2.45. The van der Waals surface area contributed by atoms with Crippen molar-refractivity contribution in [2.45, 2.75) is 26.4 Å². The third kappa shape index (κ3) is 4.49. The minimum Gasteiger partial charge on any atom is -0.478 e. The van der Waals surface area contributed by atoms with Crippen molar-refractivity contribution < 1.29 is 19.4 Å². The predicted octanol–water partition coefficient (Wildman–Crippen LogP) is 5.05. The Hall–Kier alpha value is -2.53. The highest BCUT2D eigenvalue weighted by Crippen LogP contribution is 2.30. The molecule has 2 rings (SSSR count). The zero-order valence-corrected chi connectivity index (χ0v) is 14.3. The molecule has 0 saturated carbocycles. The molecule has 0 fully saturated rings. The summed E-state index contributed by atoms with van der Waals surface area (Å²) in [5, 5.41) is 12.1. The SMILES string of the molecule is CC(C)(C)OC(=O)Nc1ccc(-c2cccc(Cl)c2C(=O)O)cc1. The maximum absolute atomic E-state index is 11.7. The number of aromatic carboxylic acids is 1. The second-order valence-corrected chi connectivity index (χ2v) is 6.58. The molecule has 0 radical (unpaired) electrons. The molecule has 0 saturated heterocycles. The Bertz CT molecular complexity index is 764. The Morgan fingerprint density at radius 3 is 2.25 bits per heavy atom. The maximum atomic E-state index is 11.7. The molecular weight excluding hydrogens is 330 g/mol. The molecule has 0 atom stereocenters. The van der Waals surface area contributed by atoms with Gasteiger partial charge in [-0.1, -0.05) is 35.9 Å². The van der Waals surface area contributed by atoms with Gasteiger partial charge in [-0.2, -0.15) is 0 Å². The minimum atomic E-state index is -1.09. The Labute approximate surface area is 145 Å². The van der Waals surface area contributed by atoms with Crippen molar-refractivity contribution >= 4 is 29.4 Å². The number of carboxylic acids is 1. The van der Waals surface area contributed by atoms with Gasteiger partial charge in [-0.25, -0.2) is 9.59 Å². The monoisotopic (exact) mass is 347 g/mol. The van der Waals surface area contributed by atoms with Crippen LogP contribution in [0.3, 0.4) is 0 Å². The second kappa shape index (κ2) is 6.93. The first kappa shape index (κ1) is 17.8. The van der Waals surface area contributed by atoms with E-state index in [0.29, 0.717) is 16.8 Å². The summed E-state index contributed by atoms with van der Waals surface area (Å²) < 4.78 is 5.18. The van der Waals surface area contributed by atoms with E-state index < -0.39 is 17.7 Å². The fourth-order valence-electron chi connectivity index (χ4n) is 2.14. The van der Waals surface area contributed by atoms with Gasteiger partial charge in [0.2, 0.25) is 0 Å². The summed E-state index contributed by atoms with van der Waals surface area (Å²) in [4.78, 5) is 23.1. The second-order valence-electron chi connectivity index (χ2n) is 6.17. The first-order valence-electron chi connectivity index (χ1n) is 7.29. The van der Waals surface area contributed by atoms with Crippen molar-refractivity contribution in [2.24, 2.45) is 0 Å². The van der Waals surface area contributed by atoms with Gasteiger partial charge in [0.1, 0.15) is 5.60 Å². The third-order valence-corrected chi connectivity index (χ3v) is 3.38. The van der Waals surface area contributed by atoms with Crippen LogP contribution in [0.15, 0.2) is 42.5 Å². The highest BCUT2D eigenvalue weighted by Gasteiger charge is 2.17. The summed E-state index contributed by atoms with van der Waals surface area (Å²) in [6, 6.07) is 11.7. The number of carboxylic acid groups (broad SMARTS) is 1. The minimum absolute atomic E-state index is 0.0482. The van der Waals surface area contributed by atoms with E-state index in [4.69, 9.17) is 16.3 Å². The molecule has 0 unspecified atom stereocenters. The number of anilines is 1. The van der Waals surface area contributed by atoms with Gasteiger partial charge in [0.15, 0.2) is 0 Å². The fraction of sp³-hybridized carbons (Fsp3) is 0.222. The van der Waals surface area contributed by atoms with Gasteiger partial charge in [0.05, 0.1) is 10.6 Å². The zero-order valence-electron chi connectivity index (χ0n) is 13.6. The number of carbonyl (C=O) groups excluding carboxylic acids is 1. The van der Waals surface area contributed by atoms with Crippen LogP contribution < -0.4 is 5.32 Å². The van der Waals surface area contributed by atoms with Crippen molar-refractivity contribution in [1.82, 2.24) is 0 Å². The number of amides is 1. The van der Waals surface area contributed by atoms with E-state index in [0.717, 1.165) is 0 Å². The molecule has 126 valence electrons. The van der Waals surface area contributed by atoms with Crippen molar-refractivity contribution in [3.05, 3.63) is 53.1 Å². The number of hydrogen-bond acceptors (Lipinski definition) is 3. The molecule has 1 amide bonds. The fourth-order valence-corrected chi connectivity index (χ4v) is 2.39. The zero-order chi connectivity index (χ0) is 17.9. The molecule has 0 aliphatic rings. The molecule has 0 spiro atoms. The van der Waals surface area contributed by atoms with Crippen molar-refractivity contribution in [3.8, 4) is 11.1 Å². The van der Waals surface area contributed by atoms with Crippen LogP contribution in [0.25, 0.3) is 11.1 Å². The van der Waals surface area contributed by atoms with Gasteiger partial charge in [-0.05, 0) is 50.1 Å². The van der Waals surface area contributed by atoms with Crippen molar-refractivity contribution in [3.63, 3.8) is 0 Å². The van der Waals surface area contributed by atoms with E-state index in [2.05, 4.69) is 5.32 Å². The van der Waals surface area contributed by atoms with Gasteiger partial charge in [0.25, 0.3) is 0 Å². The quantitative estimate of drug-likeness (QED) is 0.814. The van der Waals surface area contributed by atoms with E-state index in [9.17, 15) is 14.7 Å². The van der Waals surface area contributed by atoms with Gasteiger partial charge >= 0.3 is 12.1 Å². The number of rotatable bonds is 3. The van der Waals surface area contributed by atoms with E-state index in [1.807, 2.05) is 0 Å². The Balaban J connectivity index is 2.23. The summed E-state index contributed by atoms with van der Waals surface area (Å²) >= 11 is 5.98. The van der Waals surface area contributed by atoms with Gasteiger partial charge in [0, 0.05) is 5.69 Å².